The molecule has 6 heteroatoms. The fraction of sp³-hybridized carbons (Fsp3) is 0.545. The Labute approximate surface area is 101 Å². The van der Waals surface area contributed by atoms with E-state index in [4.69, 9.17) is 11.6 Å². The number of hydrogen-bond donors (Lipinski definition) is 0. The summed E-state index contributed by atoms with van der Waals surface area (Å²) >= 11 is 5.69. The highest BCUT2D eigenvalue weighted by Gasteiger charge is 2.47. The predicted octanol–water partition coefficient (Wildman–Crippen LogP) is 3.21. The second-order valence-corrected chi connectivity index (χ2v) is 5.05. The van der Waals surface area contributed by atoms with Crippen LogP contribution in [0.25, 0.3) is 0 Å². The maximum absolute atomic E-state index is 12.8. The molecule has 92 valence electrons. The van der Waals surface area contributed by atoms with Gasteiger partial charge in [-0.3, -0.25) is 0 Å². The van der Waals surface area contributed by atoms with Gasteiger partial charge in [0.2, 0.25) is 0 Å². The van der Waals surface area contributed by atoms with Crippen molar-refractivity contribution in [3.05, 3.63) is 22.8 Å². The Morgan fingerprint density at radius 2 is 1.88 bits per heavy atom. The molecule has 1 saturated carbocycles. The lowest BCUT2D eigenvalue weighted by molar-refractivity contribution is -0.137. The van der Waals surface area contributed by atoms with E-state index in [1.165, 1.54) is 6.07 Å². The quantitative estimate of drug-likeness (QED) is 0.723. The van der Waals surface area contributed by atoms with E-state index in [-0.39, 0.29) is 11.0 Å². The summed E-state index contributed by atoms with van der Waals surface area (Å²) < 4.78 is 38.5. The SMILES string of the molecule is FC(F)(F)c1ccc(Cl)nc1N1CC2CC2C1. The molecule has 3 rings (SSSR count). The van der Waals surface area contributed by atoms with Crippen molar-refractivity contribution < 1.29 is 13.2 Å². The van der Waals surface area contributed by atoms with Crippen molar-refractivity contribution in [3.8, 4) is 0 Å². The average molecular weight is 263 g/mol. The van der Waals surface area contributed by atoms with E-state index in [0.717, 1.165) is 12.5 Å². The summed E-state index contributed by atoms with van der Waals surface area (Å²) in [6, 6.07) is 2.19. The molecule has 0 aromatic carbocycles. The fourth-order valence-corrected chi connectivity index (χ4v) is 2.60. The van der Waals surface area contributed by atoms with Crippen LogP contribution in [0, 0.1) is 11.8 Å². The summed E-state index contributed by atoms with van der Waals surface area (Å²) in [5.74, 6) is 1.09. The Morgan fingerprint density at radius 1 is 1.24 bits per heavy atom. The predicted molar refractivity (Wildman–Crippen MR) is 58.1 cm³/mol. The first-order chi connectivity index (χ1) is 7.95. The number of rotatable bonds is 1. The summed E-state index contributed by atoms with van der Waals surface area (Å²) in [6.45, 7) is 1.34. The van der Waals surface area contributed by atoms with Gasteiger partial charge in [0.25, 0.3) is 0 Å². The molecule has 0 bridgehead atoms. The molecule has 0 radical (unpaired) electrons. The molecule has 0 N–H and O–H groups in total. The molecule has 1 aromatic heterocycles. The number of pyridine rings is 1. The second-order valence-electron chi connectivity index (χ2n) is 4.66. The maximum atomic E-state index is 12.8. The zero-order valence-corrected chi connectivity index (χ0v) is 9.59. The summed E-state index contributed by atoms with van der Waals surface area (Å²) in [5, 5.41) is 0.105. The molecule has 2 aliphatic rings. The third-order valence-corrected chi connectivity index (χ3v) is 3.64. The Balaban J connectivity index is 1.98. The second kappa shape index (κ2) is 3.51. The largest absolute Gasteiger partial charge is 0.419 e. The van der Waals surface area contributed by atoms with E-state index in [9.17, 15) is 13.2 Å². The van der Waals surface area contributed by atoms with Crippen LogP contribution >= 0.6 is 11.6 Å². The zero-order chi connectivity index (χ0) is 12.2. The van der Waals surface area contributed by atoms with Crippen LogP contribution in [0.2, 0.25) is 5.15 Å². The van der Waals surface area contributed by atoms with Crippen molar-refractivity contribution in [2.24, 2.45) is 11.8 Å². The molecule has 1 saturated heterocycles. The van der Waals surface area contributed by atoms with Crippen molar-refractivity contribution in [2.75, 3.05) is 18.0 Å². The van der Waals surface area contributed by atoms with Gasteiger partial charge in [0.1, 0.15) is 11.0 Å². The topological polar surface area (TPSA) is 16.1 Å². The lowest BCUT2D eigenvalue weighted by Gasteiger charge is -2.23. The molecule has 0 spiro atoms. The van der Waals surface area contributed by atoms with Crippen LogP contribution in [-0.4, -0.2) is 18.1 Å². The average Bonchev–Trinajstić information content (AvgIpc) is 2.84. The van der Waals surface area contributed by atoms with Gasteiger partial charge in [-0.05, 0) is 30.4 Å². The van der Waals surface area contributed by atoms with Crippen LogP contribution in [0.3, 0.4) is 0 Å². The molecular formula is C11H10ClF3N2. The summed E-state index contributed by atoms with van der Waals surface area (Å²) in [4.78, 5) is 5.55. The lowest BCUT2D eigenvalue weighted by Crippen LogP contribution is -2.26. The van der Waals surface area contributed by atoms with Crippen LogP contribution in [0.1, 0.15) is 12.0 Å². The van der Waals surface area contributed by atoms with Gasteiger partial charge in [0, 0.05) is 13.1 Å². The highest BCUT2D eigenvalue weighted by Crippen LogP contribution is 2.48. The third-order valence-electron chi connectivity index (χ3n) is 3.42. The van der Waals surface area contributed by atoms with E-state index in [0.29, 0.717) is 24.9 Å². The molecule has 1 aliphatic carbocycles. The highest BCUT2D eigenvalue weighted by molar-refractivity contribution is 6.29. The molecule has 2 heterocycles. The number of halogens is 4. The van der Waals surface area contributed by atoms with Crippen LogP contribution in [0.5, 0.6) is 0 Å². The minimum atomic E-state index is -4.38. The van der Waals surface area contributed by atoms with Crippen LogP contribution in [0.15, 0.2) is 12.1 Å². The summed E-state index contributed by atoms with van der Waals surface area (Å²) in [7, 11) is 0. The molecule has 1 aliphatic heterocycles. The van der Waals surface area contributed by atoms with Crippen molar-refractivity contribution in [2.45, 2.75) is 12.6 Å². The zero-order valence-electron chi connectivity index (χ0n) is 8.84. The first-order valence-corrected chi connectivity index (χ1v) is 5.81. The molecule has 2 nitrogen and oxygen atoms in total. The molecule has 2 fully saturated rings. The third kappa shape index (κ3) is 1.97. The standard InChI is InChI=1S/C11H10ClF3N2/c12-9-2-1-8(11(13,14)15)10(16-9)17-4-6-3-7(6)5-17/h1-2,6-7H,3-5H2. The maximum Gasteiger partial charge on any atom is 0.419 e. The molecule has 2 unspecified atom stereocenters. The van der Waals surface area contributed by atoms with Gasteiger partial charge < -0.3 is 4.90 Å². The normalized spacial score (nSPS) is 27.2. The molecule has 17 heavy (non-hydrogen) atoms. The summed E-state index contributed by atoms with van der Waals surface area (Å²) in [5.41, 5.74) is -0.691. The first-order valence-electron chi connectivity index (χ1n) is 5.44. The smallest absolute Gasteiger partial charge is 0.355 e. The molecule has 2 atom stereocenters. The first kappa shape index (κ1) is 11.1. The minimum Gasteiger partial charge on any atom is -0.355 e. The van der Waals surface area contributed by atoms with Crippen molar-refractivity contribution in [1.82, 2.24) is 4.98 Å². The van der Waals surface area contributed by atoms with Gasteiger partial charge in [0.15, 0.2) is 0 Å². The van der Waals surface area contributed by atoms with Gasteiger partial charge in [0.05, 0.1) is 5.56 Å². The number of aromatic nitrogens is 1. The van der Waals surface area contributed by atoms with Crippen molar-refractivity contribution in [3.63, 3.8) is 0 Å². The number of hydrogen-bond acceptors (Lipinski definition) is 2. The van der Waals surface area contributed by atoms with Gasteiger partial charge >= 0.3 is 6.18 Å². The minimum absolute atomic E-state index is 0.0165. The van der Waals surface area contributed by atoms with E-state index >= 15 is 0 Å². The highest BCUT2D eigenvalue weighted by atomic mass is 35.5. The van der Waals surface area contributed by atoms with E-state index in [1.807, 2.05) is 0 Å². The Kier molecular flexibility index (Phi) is 2.30. The number of fused-ring (bicyclic) bond motifs is 1. The van der Waals surface area contributed by atoms with Gasteiger partial charge in [-0.1, -0.05) is 11.6 Å². The van der Waals surface area contributed by atoms with Gasteiger partial charge in [-0.2, -0.15) is 13.2 Å². The summed E-state index contributed by atoms with van der Waals surface area (Å²) in [6.07, 6.45) is -3.24. The molecular weight excluding hydrogens is 253 g/mol. The van der Waals surface area contributed by atoms with Crippen molar-refractivity contribution in [1.29, 1.82) is 0 Å². The van der Waals surface area contributed by atoms with E-state index in [1.54, 1.807) is 4.90 Å². The van der Waals surface area contributed by atoms with E-state index < -0.39 is 11.7 Å². The fourth-order valence-electron chi connectivity index (χ4n) is 2.46. The van der Waals surface area contributed by atoms with Crippen LogP contribution < -0.4 is 4.90 Å². The number of alkyl halides is 3. The van der Waals surface area contributed by atoms with Crippen LogP contribution in [-0.2, 0) is 6.18 Å². The molecule has 0 amide bonds. The van der Waals surface area contributed by atoms with E-state index in [2.05, 4.69) is 4.98 Å². The Morgan fingerprint density at radius 3 is 2.47 bits per heavy atom. The number of piperidine rings is 1. The lowest BCUT2D eigenvalue weighted by atomic mass is 10.2. The monoisotopic (exact) mass is 262 g/mol. The molecule has 1 aromatic rings. The van der Waals surface area contributed by atoms with Gasteiger partial charge in [-0.25, -0.2) is 4.98 Å². The Hall–Kier alpha value is -0.970. The Bertz CT molecular complexity index is 451. The van der Waals surface area contributed by atoms with Crippen LogP contribution in [0.4, 0.5) is 19.0 Å². The van der Waals surface area contributed by atoms with Crippen molar-refractivity contribution >= 4 is 17.4 Å². The number of nitrogens with zero attached hydrogens (tertiary/aromatic N) is 2. The number of anilines is 1. The van der Waals surface area contributed by atoms with Gasteiger partial charge in [-0.15, -0.1) is 0 Å².